The lowest BCUT2D eigenvalue weighted by Crippen LogP contribution is -2.76. The lowest BCUT2D eigenvalue weighted by molar-refractivity contribution is -0.262. The molecule has 0 aromatic rings. The minimum Gasteiger partial charge on any atom is -0.377 e. The van der Waals surface area contributed by atoms with Gasteiger partial charge < -0.3 is 9.47 Å². The first-order valence-corrected chi connectivity index (χ1v) is 5.79. The van der Waals surface area contributed by atoms with E-state index in [1.54, 1.807) is 0 Å². The summed E-state index contributed by atoms with van der Waals surface area (Å²) in [5.74, 6) is 0. The molecule has 2 saturated heterocycles. The fraction of sp³-hybridized carbons (Fsp3) is 1.00. The van der Waals surface area contributed by atoms with Crippen LogP contribution < -0.4 is 5.32 Å². The zero-order valence-corrected chi connectivity index (χ0v) is 9.23. The lowest BCUT2D eigenvalue weighted by atomic mass is 9.63. The Balaban J connectivity index is 1.68. The third-order valence-corrected chi connectivity index (χ3v) is 4.10. The summed E-state index contributed by atoms with van der Waals surface area (Å²) < 4.78 is 36.5. The molecule has 0 atom stereocenters. The second-order valence-electron chi connectivity index (χ2n) is 5.61. The first-order chi connectivity index (χ1) is 7.66. The summed E-state index contributed by atoms with van der Waals surface area (Å²) in [5, 5.41) is 3.42. The van der Waals surface area contributed by atoms with E-state index >= 15 is 0 Å². The highest BCUT2D eigenvalue weighted by molar-refractivity contribution is 5.11. The third kappa shape index (κ3) is 1.41. The monoisotopic (exact) mass is 233 g/mol. The number of hydrogen-bond donors (Lipinski definition) is 1. The quantitative estimate of drug-likeness (QED) is 0.777. The molecule has 92 valence electrons. The van der Waals surface area contributed by atoms with Gasteiger partial charge in [0, 0.05) is 18.3 Å². The van der Waals surface area contributed by atoms with Crippen LogP contribution in [0, 0.1) is 5.41 Å². The van der Waals surface area contributed by atoms with Crippen LogP contribution in [0.4, 0.5) is 8.78 Å². The van der Waals surface area contributed by atoms with E-state index in [2.05, 4.69) is 5.32 Å². The molecule has 3 rings (SSSR count). The van der Waals surface area contributed by atoms with E-state index < -0.39 is 24.5 Å². The van der Waals surface area contributed by atoms with Gasteiger partial charge in [-0.3, -0.25) is 14.1 Å². The molecule has 0 bridgehead atoms. The van der Waals surface area contributed by atoms with Crippen molar-refractivity contribution in [3.63, 3.8) is 0 Å². The van der Waals surface area contributed by atoms with E-state index in [0.29, 0.717) is 32.7 Å². The molecule has 3 aliphatic rings. The van der Waals surface area contributed by atoms with Gasteiger partial charge in [-0.05, 0) is 6.42 Å². The van der Waals surface area contributed by atoms with Crippen molar-refractivity contribution in [2.24, 2.45) is 5.41 Å². The molecule has 16 heavy (non-hydrogen) atoms. The Bertz CT molecular complexity index is 282. The van der Waals surface area contributed by atoms with Gasteiger partial charge >= 0.3 is 0 Å². The Morgan fingerprint density at radius 1 is 1.12 bits per heavy atom. The number of halogens is 2. The minimum atomic E-state index is -0.796. The third-order valence-electron chi connectivity index (χ3n) is 4.10. The van der Waals surface area contributed by atoms with Gasteiger partial charge in [-0.2, -0.15) is 0 Å². The van der Waals surface area contributed by atoms with Gasteiger partial charge in [0.2, 0.25) is 0 Å². The summed E-state index contributed by atoms with van der Waals surface area (Å²) in [5.41, 5.74) is -1.27. The second kappa shape index (κ2) is 3.37. The zero-order chi connectivity index (χ0) is 11.3. The lowest BCUT2D eigenvalue weighted by Gasteiger charge is -2.61. The van der Waals surface area contributed by atoms with Crippen molar-refractivity contribution in [3.05, 3.63) is 0 Å². The summed E-state index contributed by atoms with van der Waals surface area (Å²) in [6.07, 6.45) is 1.80. The van der Waals surface area contributed by atoms with E-state index in [1.165, 1.54) is 0 Å². The molecule has 0 unspecified atom stereocenters. The molecular weight excluding hydrogens is 216 g/mol. The van der Waals surface area contributed by atoms with E-state index in [0.717, 1.165) is 6.42 Å². The Morgan fingerprint density at radius 3 is 2.31 bits per heavy atom. The second-order valence-corrected chi connectivity index (χ2v) is 5.61. The molecule has 3 fully saturated rings. The molecule has 0 aromatic carbocycles. The zero-order valence-electron chi connectivity index (χ0n) is 9.23. The Labute approximate surface area is 93.5 Å². The van der Waals surface area contributed by atoms with Gasteiger partial charge in [-0.1, -0.05) is 0 Å². The molecule has 0 radical (unpaired) electrons. The molecule has 0 aromatic heterocycles. The standard InChI is InChI=1S/C11H17F2NO2/c12-5-9(6-13)3-11(4-9)14-10(1-2-16-11)7-15-8-10/h14H,1-8H2. The number of rotatable bonds is 2. The molecule has 5 heteroatoms. The largest absolute Gasteiger partial charge is 0.377 e. The van der Waals surface area contributed by atoms with Gasteiger partial charge in [0.15, 0.2) is 0 Å². The van der Waals surface area contributed by atoms with Gasteiger partial charge in [0.1, 0.15) is 5.72 Å². The van der Waals surface area contributed by atoms with Gasteiger partial charge in [-0.15, -0.1) is 0 Å². The van der Waals surface area contributed by atoms with E-state index in [9.17, 15) is 8.78 Å². The van der Waals surface area contributed by atoms with Crippen molar-refractivity contribution in [2.45, 2.75) is 30.5 Å². The van der Waals surface area contributed by atoms with Crippen LogP contribution in [0.15, 0.2) is 0 Å². The first-order valence-electron chi connectivity index (χ1n) is 5.79. The molecular formula is C11H17F2NO2. The number of ether oxygens (including phenoxy) is 2. The predicted molar refractivity (Wildman–Crippen MR) is 53.6 cm³/mol. The van der Waals surface area contributed by atoms with E-state index in [1.807, 2.05) is 0 Å². The van der Waals surface area contributed by atoms with Crippen molar-refractivity contribution in [1.82, 2.24) is 5.32 Å². The average Bonchev–Trinajstić information content (AvgIpc) is 2.23. The predicted octanol–water partition coefficient (Wildman–Crippen LogP) is 1.18. The molecule has 1 saturated carbocycles. The summed E-state index contributed by atoms with van der Waals surface area (Å²) in [7, 11) is 0. The SMILES string of the molecule is FCC1(CF)CC2(C1)NC1(CCO2)COC1. The van der Waals surface area contributed by atoms with E-state index in [-0.39, 0.29) is 5.54 Å². The topological polar surface area (TPSA) is 30.5 Å². The van der Waals surface area contributed by atoms with Crippen molar-refractivity contribution >= 4 is 0 Å². The van der Waals surface area contributed by atoms with Gasteiger partial charge in [-0.25, -0.2) is 0 Å². The minimum absolute atomic E-state index is 0.0109. The molecule has 2 heterocycles. The van der Waals surface area contributed by atoms with Crippen LogP contribution in [-0.4, -0.2) is 44.4 Å². The van der Waals surface area contributed by atoms with Crippen LogP contribution in [-0.2, 0) is 9.47 Å². The highest BCUT2D eigenvalue weighted by atomic mass is 19.1. The van der Waals surface area contributed by atoms with Crippen LogP contribution in [0.1, 0.15) is 19.3 Å². The average molecular weight is 233 g/mol. The summed E-state index contributed by atoms with van der Waals surface area (Å²) in [6, 6.07) is 0. The van der Waals surface area contributed by atoms with Crippen molar-refractivity contribution in [2.75, 3.05) is 33.2 Å². The highest BCUT2D eigenvalue weighted by Crippen LogP contribution is 2.52. The van der Waals surface area contributed by atoms with Gasteiger partial charge in [0.25, 0.3) is 0 Å². The Morgan fingerprint density at radius 2 is 1.81 bits per heavy atom. The normalized spacial score (nSPS) is 33.4. The Kier molecular flexibility index (Phi) is 2.29. The van der Waals surface area contributed by atoms with Crippen molar-refractivity contribution in [1.29, 1.82) is 0 Å². The fourth-order valence-corrected chi connectivity index (χ4v) is 3.16. The summed E-state index contributed by atoms with van der Waals surface area (Å²) in [6.45, 7) is 0.845. The molecule has 2 aliphatic heterocycles. The summed E-state index contributed by atoms with van der Waals surface area (Å²) in [4.78, 5) is 0. The van der Waals surface area contributed by atoms with Crippen LogP contribution in [0.3, 0.4) is 0 Å². The molecule has 1 N–H and O–H groups in total. The maximum Gasteiger partial charge on any atom is 0.121 e. The smallest absolute Gasteiger partial charge is 0.121 e. The number of hydrogen-bond acceptors (Lipinski definition) is 3. The van der Waals surface area contributed by atoms with Crippen LogP contribution in [0.25, 0.3) is 0 Å². The van der Waals surface area contributed by atoms with E-state index in [4.69, 9.17) is 9.47 Å². The van der Waals surface area contributed by atoms with Crippen LogP contribution in [0.2, 0.25) is 0 Å². The first kappa shape index (κ1) is 10.9. The summed E-state index contributed by atoms with van der Waals surface area (Å²) >= 11 is 0. The van der Waals surface area contributed by atoms with Gasteiger partial charge in [0.05, 0.1) is 38.7 Å². The van der Waals surface area contributed by atoms with Crippen LogP contribution in [0.5, 0.6) is 0 Å². The molecule has 0 amide bonds. The molecule has 3 nitrogen and oxygen atoms in total. The van der Waals surface area contributed by atoms with Crippen LogP contribution >= 0.6 is 0 Å². The maximum absolute atomic E-state index is 12.8. The van der Waals surface area contributed by atoms with Crippen molar-refractivity contribution in [3.8, 4) is 0 Å². The Hall–Kier alpha value is -0.260. The highest BCUT2D eigenvalue weighted by Gasteiger charge is 2.61. The number of alkyl halides is 2. The molecule has 1 aliphatic carbocycles. The number of nitrogens with one attached hydrogen (secondary N) is 1. The molecule has 2 spiro atoms. The van der Waals surface area contributed by atoms with Crippen molar-refractivity contribution < 1.29 is 18.3 Å². The fourth-order valence-electron chi connectivity index (χ4n) is 3.16. The maximum atomic E-state index is 12.8.